The molecule has 0 saturated carbocycles. The first-order valence-electron chi connectivity index (χ1n) is 9.08. The summed E-state index contributed by atoms with van der Waals surface area (Å²) in [6.07, 6.45) is 4.75. The molecular formula is C20H20FN3O3. The van der Waals surface area contributed by atoms with Gasteiger partial charge in [0.15, 0.2) is 18.1 Å². The Morgan fingerprint density at radius 2 is 2.00 bits per heavy atom. The average molecular weight is 369 g/mol. The summed E-state index contributed by atoms with van der Waals surface area (Å²) in [5.41, 5.74) is 3.72. The van der Waals surface area contributed by atoms with Crippen LogP contribution in [0.15, 0.2) is 34.9 Å². The fourth-order valence-electron chi connectivity index (χ4n) is 3.42. The zero-order chi connectivity index (χ0) is 18.8. The second-order valence-corrected chi connectivity index (χ2v) is 6.73. The van der Waals surface area contributed by atoms with E-state index >= 15 is 0 Å². The number of benzene rings is 1. The minimum atomic E-state index is -0.483. The highest BCUT2D eigenvalue weighted by molar-refractivity contribution is 5.89. The van der Waals surface area contributed by atoms with Crippen LogP contribution in [0, 0.1) is 12.7 Å². The van der Waals surface area contributed by atoms with Gasteiger partial charge in [0.25, 0.3) is 0 Å². The number of fused-ring (bicyclic) bond motifs is 1. The highest BCUT2D eigenvalue weighted by atomic mass is 19.1. The van der Waals surface area contributed by atoms with Crippen molar-refractivity contribution in [2.45, 2.75) is 45.6 Å². The molecule has 7 heteroatoms. The van der Waals surface area contributed by atoms with Crippen molar-refractivity contribution in [1.82, 2.24) is 14.9 Å². The van der Waals surface area contributed by atoms with Crippen molar-refractivity contribution in [3.8, 4) is 5.69 Å². The summed E-state index contributed by atoms with van der Waals surface area (Å²) in [5.74, 6) is -0.299. The standard InChI is InChI=1S/C20H20FN3O3/c1-13-11-16(27-23-13)12-26-20(25)19-17-5-3-2-4-6-18(17)24(22-19)15-9-7-14(21)8-10-15/h7-11H,2-6,12H2,1H3. The van der Waals surface area contributed by atoms with Gasteiger partial charge in [-0.05, 0) is 56.9 Å². The van der Waals surface area contributed by atoms with E-state index < -0.39 is 5.97 Å². The number of carbonyl (C=O) groups is 1. The highest BCUT2D eigenvalue weighted by Crippen LogP contribution is 2.27. The summed E-state index contributed by atoms with van der Waals surface area (Å²) in [7, 11) is 0. The molecule has 0 aliphatic heterocycles. The van der Waals surface area contributed by atoms with E-state index in [-0.39, 0.29) is 12.4 Å². The Labute approximate surface area is 155 Å². The van der Waals surface area contributed by atoms with Crippen LogP contribution in [0.25, 0.3) is 5.69 Å². The number of hydrogen-bond donors (Lipinski definition) is 0. The van der Waals surface area contributed by atoms with Gasteiger partial charge < -0.3 is 9.26 Å². The molecule has 0 N–H and O–H groups in total. The molecule has 0 spiro atoms. The number of aromatic nitrogens is 3. The Bertz CT molecular complexity index is 960. The van der Waals surface area contributed by atoms with Gasteiger partial charge in [0.2, 0.25) is 0 Å². The second kappa shape index (κ2) is 7.34. The van der Waals surface area contributed by atoms with Crippen molar-refractivity contribution in [3.63, 3.8) is 0 Å². The van der Waals surface area contributed by atoms with Crippen LogP contribution in [-0.4, -0.2) is 20.9 Å². The van der Waals surface area contributed by atoms with E-state index in [1.807, 2.05) is 0 Å². The van der Waals surface area contributed by atoms with Crippen LogP contribution in [0.4, 0.5) is 4.39 Å². The van der Waals surface area contributed by atoms with Gasteiger partial charge in [0, 0.05) is 17.3 Å². The lowest BCUT2D eigenvalue weighted by atomic mass is 10.1. The van der Waals surface area contributed by atoms with Crippen molar-refractivity contribution in [3.05, 3.63) is 64.6 Å². The number of aryl methyl sites for hydroxylation is 1. The van der Waals surface area contributed by atoms with E-state index in [2.05, 4.69) is 10.3 Å². The first-order chi connectivity index (χ1) is 13.1. The third-order valence-corrected chi connectivity index (χ3v) is 4.72. The number of carbonyl (C=O) groups excluding carboxylic acids is 1. The summed E-state index contributed by atoms with van der Waals surface area (Å²) in [6, 6.07) is 7.85. The molecule has 1 aromatic carbocycles. The van der Waals surface area contributed by atoms with Gasteiger partial charge in [-0.2, -0.15) is 5.10 Å². The summed E-state index contributed by atoms with van der Waals surface area (Å²) in [5, 5.41) is 8.31. The fraction of sp³-hybridized carbons (Fsp3) is 0.350. The summed E-state index contributed by atoms with van der Waals surface area (Å²) < 4.78 is 25.5. The van der Waals surface area contributed by atoms with E-state index in [0.29, 0.717) is 11.5 Å². The Kier molecular flexibility index (Phi) is 4.75. The molecule has 4 rings (SSSR count). The molecule has 0 fully saturated rings. The minimum Gasteiger partial charge on any atom is -0.453 e. The van der Waals surface area contributed by atoms with Crippen LogP contribution in [0.1, 0.15) is 52.5 Å². The summed E-state index contributed by atoms with van der Waals surface area (Å²) in [6.45, 7) is 1.82. The van der Waals surface area contributed by atoms with Gasteiger partial charge in [-0.3, -0.25) is 0 Å². The lowest BCUT2D eigenvalue weighted by Crippen LogP contribution is -2.09. The normalized spacial score (nSPS) is 13.9. The maximum Gasteiger partial charge on any atom is 0.359 e. The van der Waals surface area contributed by atoms with Crippen molar-refractivity contribution in [2.75, 3.05) is 0 Å². The van der Waals surface area contributed by atoms with Gasteiger partial charge in [-0.25, -0.2) is 13.9 Å². The molecule has 3 aromatic rings. The average Bonchev–Trinajstić information content (AvgIpc) is 3.15. The van der Waals surface area contributed by atoms with Crippen LogP contribution in [-0.2, 0) is 24.2 Å². The van der Waals surface area contributed by atoms with E-state index in [9.17, 15) is 9.18 Å². The van der Waals surface area contributed by atoms with E-state index in [0.717, 1.165) is 54.7 Å². The number of esters is 1. The molecule has 0 saturated heterocycles. The van der Waals surface area contributed by atoms with Crippen molar-refractivity contribution < 1.29 is 18.4 Å². The number of ether oxygens (including phenoxy) is 1. The third-order valence-electron chi connectivity index (χ3n) is 4.72. The molecule has 0 radical (unpaired) electrons. The molecule has 2 heterocycles. The maximum absolute atomic E-state index is 13.3. The molecule has 140 valence electrons. The minimum absolute atomic E-state index is 0.0118. The van der Waals surface area contributed by atoms with E-state index in [1.165, 1.54) is 12.1 Å². The van der Waals surface area contributed by atoms with E-state index in [4.69, 9.17) is 9.26 Å². The van der Waals surface area contributed by atoms with Gasteiger partial charge in [-0.15, -0.1) is 0 Å². The molecule has 0 bridgehead atoms. The molecule has 0 unspecified atom stereocenters. The largest absolute Gasteiger partial charge is 0.453 e. The summed E-state index contributed by atoms with van der Waals surface area (Å²) >= 11 is 0. The molecule has 1 aliphatic carbocycles. The predicted octanol–water partition coefficient (Wildman–Crippen LogP) is 3.93. The fourth-order valence-corrected chi connectivity index (χ4v) is 3.42. The molecule has 1 aliphatic rings. The number of rotatable bonds is 4. The Hall–Kier alpha value is -2.96. The van der Waals surface area contributed by atoms with Gasteiger partial charge in [0.05, 0.1) is 11.4 Å². The third kappa shape index (κ3) is 3.63. The topological polar surface area (TPSA) is 70.2 Å². The quantitative estimate of drug-likeness (QED) is 0.515. The highest BCUT2D eigenvalue weighted by Gasteiger charge is 2.26. The zero-order valence-corrected chi connectivity index (χ0v) is 15.1. The number of halogens is 1. The first kappa shape index (κ1) is 17.5. The summed E-state index contributed by atoms with van der Waals surface area (Å²) in [4.78, 5) is 12.7. The van der Waals surface area contributed by atoms with Crippen molar-refractivity contribution in [1.29, 1.82) is 0 Å². The second-order valence-electron chi connectivity index (χ2n) is 6.73. The van der Waals surface area contributed by atoms with Crippen LogP contribution < -0.4 is 0 Å². The first-order valence-corrected chi connectivity index (χ1v) is 9.08. The monoisotopic (exact) mass is 369 g/mol. The maximum atomic E-state index is 13.3. The molecular weight excluding hydrogens is 349 g/mol. The zero-order valence-electron chi connectivity index (χ0n) is 15.1. The molecule has 6 nitrogen and oxygen atoms in total. The van der Waals surface area contributed by atoms with Crippen molar-refractivity contribution >= 4 is 5.97 Å². The van der Waals surface area contributed by atoms with Gasteiger partial charge in [0.1, 0.15) is 5.82 Å². The Morgan fingerprint density at radius 3 is 2.74 bits per heavy atom. The number of hydrogen-bond acceptors (Lipinski definition) is 5. The van der Waals surface area contributed by atoms with Crippen LogP contribution in [0.5, 0.6) is 0 Å². The lowest BCUT2D eigenvalue weighted by Gasteiger charge is -2.07. The lowest BCUT2D eigenvalue weighted by molar-refractivity contribution is 0.0428. The molecule has 0 amide bonds. The van der Waals surface area contributed by atoms with Gasteiger partial charge in [-0.1, -0.05) is 11.6 Å². The van der Waals surface area contributed by atoms with Crippen LogP contribution in [0.2, 0.25) is 0 Å². The van der Waals surface area contributed by atoms with Crippen molar-refractivity contribution in [2.24, 2.45) is 0 Å². The van der Waals surface area contributed by atoms with E-state index in [1.54, 1.807) is 29.8 Å². The predicted molar refractivity (Wildman–Crippen MR) is 95.1 cm³/mol. The van der Waals surface area contributed by atoms with Crippen LogP contribution >= 0.6 is 0 Å². The smallest absolute Gasteiger partial charge is 0.359 e. The van der Waals surface area contributed by atoms with Gasteiger partial charge >= 0.3 is 5.97 Å². The Balaban J connectivity index is 1.65. The van der Waals surface area contributed by atoms with Crippen LogP contribution in [0.3, 0.4) is 0 Å². The number of nitrogens with zero attached hydrogens (tertiary/aromatic N) is 3. The SMILES string of the molecule is Cc1cc(COC(=O)c2nn(-c3ccc(F)cc3)c3c2CCCCC3)on1. The Morgan fingerprint density at radius 1 is 1.22 bits per heavy atom. The molecule has 0 atom stereocenters. The molecule has 2 aromatic heterocycles. The molecule has 27 heavy (non-hydrogen) atoms.